The lowest BCUT2D eigenvalue weighted by molar-refractivity contribution is -0.287. The van der Waals surface area contributed by atoms with E-state index in [1.165, 1.54) is 6.92 Å². The number of nitrogens with zero attached hydrogens (tertiary/aromatic N) is 1. The number of hydroxylamine groups is 2. The van der Waals surface area contributed by atoms with Gasteiger partial charge in [0.2, 0.25) is 0 Å². The molecule has 29 heavy (non-hydrogen) atoms. The van der Waals surface area contributed by atoms with E-state index in [0.29, 0.717) is 19.3 Å². The fraction of sp³-hybridized carbons (Fsp3) is 0.952. The van der Waals surface area contributed by atoms with Gasteiger partial charge in [0.1, 0.15) is 5.28 Å². The molecule has 0 heterocycles. The molecule has 172 valence electrons. The Morgan fingerprint density at radius 2 is 1.55 bits per heavy atom. The Balaban J connectivity index is 3.62. The summed E-state index contributed by atoms with van der Waals surface area (Å²) in [5.41, 5.74) is -0.641. The van der Waals surface area contributed by atoms with Gasteiger partial charge >= 0.3 is 13.6 Å². The summed E-state index contributed by atoms with van der Waals surface area (Å²) in [7, 11) is -3.62. The molecule has 0 aromatic rings. The fourth-order valence-electron chi connectivity index (χ4n) is 4.70. The van der Waals surface area contributed by atoms with Gasteiger partial charge in [-0.3, -0.25) is 9.40 Å². The molecule has 0 aromatic carbocycles. The van der Waals surface area contributed by atoms with Crippen LogP contribution >= 0.6 is 7.60 Å². The summed E-state index contributed by atoms with van der Waals surface area (Å²) in [6.45, 7) is 16.0. The van der Waals surface area contributed by atoms with Crippen molar-refractivity contribution in [2.75, 3.05) is 13.2 Å². The first kappa shape index (κ1) is 26.6. The van der Waals surface area contributed by atoms with E-state index < -0.39 is 30.5 Å². The van der Waals surface area contributed by atoms with E-state index >= 15 is 0 Å². The van der Waals surface area contributed by atoms with Gasteiger partial charge in [-0.15, -0.1) is 0 Å². The van der Waals surface area contributed by atoms with Crippen LogP contribution in [0.2, 0.25) is 0 Å². The minimum absolute atomic E-state index is 0.0470. The Labute approximate surface area is 177 Å². The second kappa shape index (κ2) is 10.2. The van der Waals surface area contributed by atoms with Gasteiger partial charge < -0.3 is 14.2 Å². The molecular formula is C21H42NO6P. The third-order valence-electron chi connectivity index (χ3n) is 5.26. The molecule has 1 aliphatic rings. The first-order chi connectivity index (χ1) is 13.2. The van der Waals surface area contributed by atoms with Gasteiger partial charge in [0.25, 0.3) is 0 Å². The van der Waals surface area contributed by atoms with E-state index in [0.717, 1.165) is 19.3 Å². The normalized spacial score (nSPS) is 19.3. The first-order valence-corrected chi connectivity index (χ1v) is 12.4. The monoisotopic (exact) mass is 435 g/mol. The number of aliphatic carboxylic acids is 1. The van der Waals surface area contributed by atoms with E-state index in [9.17, 15) is 14.5 Å². The van der Waals surface area contributed by atoms with Crippen molar-refractivity contribution in [2.45, 2.75) is 111 Å². The molecule has 7 nitrogen and oxygen atoms in total. The van der Waals surface area contributed by atoms with Crippen molar-refractivity contribution in [3.63, 3.8) is 0 Å². The Morgan fingerprint density at radius 1 is 1.07 bits per heavy atom. The number of carbonyl (C=O) groups is 1. The highest BCUT2D eigenvalue weighted by molar-refractivity contribution is 7.55. The molecule has 0 aliphatic heterocycles. The summed E-state index contributed by atoms with van der Waals surface area (Å²) >= 11 is 0. The van der Waals surface area contributed by atoms with Crippen LogP contribution in [0.25, 0.3) is 0 Å². The molecule has 1 N–H and O–H groups in total. The van der Waals surface area contributed by atoms with Crippen LogP contribution in [0.3, 0.4) is 0 Å². The molecule has 0 spiro atoms. The Kier molecular flexibility index (Phi) is 9.38. The van der Waals surface area contributed by atoms with E-state index in [1.54, 1.807) is 18.9 Å². The summed E-state index contributed by atoms with van der Waals surface area (Å²) in [6.07, 6.45) is 3.53. The van der Waals surface area contributed by atoms with Crippen LogP contribution in [-0.2, 0) is 23.2 Å². The molecule has 8 heteroatoms. The third kappa shape index (κ3) is 6.51. The number of carboxylic acids is 1. The van der Waals surface area contributed by atoms with Gasteiger partial charge in [0.15, 0.2) is 6.10 Å². The Bertz CT molecular complexity index is 570. The van der Waals surface area contributed by atoms with Crippen molar-refractivity contribution in [3.05, 3.63) is 0 Å². The summed E-state index contributed by atoms with van der Waals surface area (Å²) in [5.74, 6) is -1.06. The maximum atomic E-state index is 14.2. The second-order valence-electron chi connectivity index (χ2n) is 9.81. The zero-order valence-electron chi connectivity index (χ0n) is 19.6. The molecule has 1 atom stereocenters. The molecule has 0 saturated heterocycles. The van der Waals surface area contributed by atoms with Crippen molar-refractivity contribution in [2.24, 2.45) is 5.41 Å². The van der Waals surface area contributed by atoms with Crippen LogP contribution in [0.1, 0.15) is 93.9 Å². The first-order valence-electron chi connectivity index (χ1n) is 10.8. The number of rotatable bonds is 11. The lowest BCUT2D eigenvalue weighted by atomic mass is 9.80. The zero-order chi connectivity index (χ0) is 22.5. The molecule has 0 amide bonds. The smallest absolute Gasteiger partial charge is 0.353 e. The summed E-state index contributed by atoms with van der Waals surface area (Å²) in [4.78, 5) is 17.8. The van der Waals surface area contributed by atoms with Gasteiger partial charge in [-0.1, -0.05) is 40.0 Å². The highest BCUT2D eigenvalue weighted by Gasteiger charge is 2.60. The molecule has 1 aliphatic carbocycles. The maximum Gasteiger partial charge on any atom is 0.353 e. The Hall–Kier alpha value is -0.460. The predicted molar refractivity (Wildman–Crippen MR) is 115 cm³/mol. The molecule has 0 radical (unpaired) electrons. The summed E-state index contributed by atoms with van der Waals surface area (Å²) in [5, 5.41) is 10.2. The van der Waals surface area contributed by atoms with Crippen LogP contribution in [0, 0.1) is 5.41 Å². The molecule has 1 rings (SSSR count). The molecule has 1 fully saturated rings. The molecule has 0 aromatic heterocycles. The van der Waals surface area contributed by atoms with Gasteiger partial charge in [-0.2, -0.15) is 5.06 Å². The molecule has 0 bridgehead atoms. The average Bonchev–Trinajstić information content (AvgIpc) is 2.58. The minimum atomic E-state index is -3.62. The number of hydrogen-bond acceptors (Lipinski definition) is 6. The highest BCUT2D eigenvalue weighted by atomic mass is 31.2. The maximum absolute atomic E-state index is 14.2. The van der Waals surface area contributed by atoms with Crippen LogP contribution < -0.4 is 0 Å². The van der Waals surface area contributed by atoms with Crippen molar-refractivity contribution >= 4 is 13.6 Å². The third-order valence-corrected chi connectivity index (χ3v) is 8.11. The fourth-order valence-corrected chi connectivity index (χ4v) is 7.34. The molecule has 1 unspecified atom stereocenters. The van der Waals surface area contributed by atoms with Crippen LogP contribution in [0.5, 0.6) is 0 Å². The Morgan fingerprint density at radius 3 is 1.93 bits per heavy atom. The van der Waals surface area contributed by atoms with Crippen molar-refractivity contribution in [1.82, 2.24) is 5.06 Å². The largest absolute Gasteiger partial charge is 0.479 e. The topological polar surface area (TPSA) is 85.3 Å². The van der Waals surface area contributed by atoms with Crippen LogP contribution in [0.4, 0.5) is 0 Å². The van der Waals surface area contributed by atoms with Gasteiger partial charge in [0.05, 0.1) is 13.2 Å². The predicted octanol–water partition coefficient (Wildman–Crippen LogP) is 5.83. The van der Waals surface area contributed by atoms with Gasteiger partial charge in [-0.05, 0) is 59.3 Å². The highest BCUT2D eigenvalue weighted by Crippen LogP contribution is 2.68. The van der Waals surface area contributed by atoms with Gasteiger partial charge in [0, 0.05) is 5.54 Å². The quantitative estimate of drug-likeness (QED) is 0.322. The lowest BCUT2D eigenvalue weighted by Crippen LogP contribution is -2.61. The molecular weight excluding hydrogens is 393 g/mol. The summed E-state index contributed by atoms with van der Waals surface area (Å²) < 4.78 is 25.8. The number of carboxylic acid groups (broad SMARTS) is 1. The van der Waals surface area contributed by atoms with E-state index in [4.69, 9.17) is 13.9 Å². The van der Waals surface area contributed by atoms with E-state index in [-0.39, 0.29) is 18.6 Å². The standard InChI is InChI=1S/C21H42NO6P/c1-9-26-29(25,27-10-2)21(14-12-11-13-15-21)22(28-17(3)18(23)24)20(7,8)16-19(4,5)6/h17H,9-16H2,1-8H3,(H,23,24). The van der Waals surface area contributed by atoms with E-state index in [1.807, 2.05) is 13.8 Å². The number of hydrogen-bond donors (Lipinski definition) is 1. The van der Waals surface area contributed by atoms with Crippen LogP contribution in [0.15, 0.2) is 0 Å². The van der Waals surface area contributed by atoms with Crippen molar-refractivity contribution < 1.29 is 28.4 Å². The zero-order valence-corrected chi connectivity index (χ0v) is 20.5. The second-order valence-corrected chi connectivity index (χ2v) is 12.2. The van der Waals surface area contributed by atoms with Crippen LogP contribution in [-0.4, -0.2) is 46.3 Å². The van der Waals surface area contributed by atoms with Crippen molar-refractivity contribution in [3.8, 4) is 0 Å². The van der Waals surface area contributed by atoms with E-state index in [2.05, 4.69) is 20.8 Å². The minimum Gasteiger partial charge on any atom is -0.479 e. The van der Waals surface area contributed by atoms with Crippen molar-refractivity contribution in [1.29, 1.82) is 0 Å². The SMILES string of the molecule is CCOP(=O)(OCC)C1(N(OC(C)C(=O)O)C(C)(C)CC(C)(C)C)CCCCC1. The van der Waals surface area contributed by atoms with Gasteiger partial charge in [-0.25, -0.2) is 4.79 Å². The molecule has 1 saturated carbocycles. The summed E-state index contributed by atoms with van der Waals surface area (Å²) in [6, 6.07) is 0. The lowest BCUT2D eigenvalue weighted by Gasteiger charge is -2.54. The average molecular weight is 436 g/mol.